The SMILES string of the molecule is COc1cccc(N2CCC(CNC(=O)CNCC3CC3)C2)c1. The molecule has 1 aliphatic carbocycles. The summed E-state index contributed by atoms with van der Waals surface area (Å²) in [6.45, 7) is 4.23. The Labute approximate surface area is 138 Å². The van der Waals surface area contributed by atoms with Gasteiger partial charge in [-0.3, -0.25) is 4.79 Å². The van der Waals surface area contributed by atoms with E-state index in [1.165, 1.54) is 18.5 Å². The zero-order chi connectivity index (χ0) is 16.1. The number of hydrogen-bond donors (Lipinski definition) is 2. The number of hydrogen-bond acceptors (Lipinski definition) is 4. The van der Waals surface area contributed by atoms with Crippen LogP contribution in [0.5, 0.6) is 5.75 Å². The Balaban J connectivity index is 1.37. The minimum absolute atomic E-state index is 0.116. The van der Waals surface area contributed by atoms with Gasteiger partial charge in [-0.1, -0.05) is 6.07 Å². The third kappa shape index (κ3) is 4.86. The predicted molar refractivity (Wildman–Crippen MR) is 91.9 cm³/mol. The highest BCUT2D eigenvalue weighted by Gasteiger charge is 2.24. The Morgan fingerprint density at radius 2 is 2.13 bits per heavy atom. The van der Waals surface area contributed by atoms with Gasteiger partial charge in [-0.15, -0.1) is 0 Å². The predicted octanol–water partition coefficient (Wildman–Crippen LogP) is 1.64. The number of amides is 1. The number of carbonyl (C=O) groups is 1. The molecule has 1 aromatic carbocycles. The van der Waals surface area contributed by atoms with Crippen molar-refractivity contribution in [2.75, 3.05) is 44.7 Å². The van der Waals surface area contributed by atoms with Crippen molar-refractivity contribution in [3.8, 4) is 5.75 Å². The van der Waals surface area contributed by atoms with E-state index in [9.17, 15) is 4.79 Å². The van der Waals surface area contributed by atoms with Gasteiger partial charge in [0.1, 0.15) is 5.75 Å². The summed E-state index contributed by atoms with van der Waals surface area (Å²) in [5.41, 5.74) is 1.20. The first-order valence-electron chi connectivity index (χ1n) is 8.61. The van der Waals surface area contributed by atoms with E-state index < -0.39 is 0 Å². The summed E-state index contributed by atoms with van der Waals surface area (Å²) in [6.07, 6.45) is 3.75. The van der Waals surface area contributed by atoms with Crippen LogP contribution in [-0.2, 0) is 4.79 Å². The summed E-state index contributed by atoms with van der Waals surface area (Å²) in [5.74, 6) is 2.34. The molecular formula is C18H27N3O2. The maximum absolute atomic E-state index is 11.8. The normalized spacial score (nSPS) is 20.6. The van der Waals surface area contributed by atoms with E-state index in [0.29, 0.717) is 12.5 Å². The number of nitrogens with one attached hydrogen (secondary N) is 2. The van der Waals surface area contributed by atoms with Gasteiger partial charge in [0.2, 0.25) is 5.91 Å². The summed E-state index contributed by atoms with van der Waals surface area (Å²) in [6, 6.07) is 8.18. The number of methoxy groups -OCH3 is 1. The lowest BCUT2D eigenvalue weighted by Crippen LogP contribution is -2.37. The monoisotopic (exact) mass is 317 g/mol. The van der Waals surface area contributed by atoms with Crippen LogP contribution in [0.3, 0.4) is 0 Å². The molecule has 1 atom stereocenters. The van der Waals surface area contributed by atoms with Gasteiger partial charge in [0.05, 0.1) is 13.7 Å². The first-order chi connectivity index (χ1) is 11.2. The van der Waals surface area contributed by atoms with E-state index in [0.717, 1.165) is 44.3 Å². The van der Waals surface area contributed by atoms with E-state index in [1.54, 1.807) is 7.11 Å². The molecule has 1 aliphatic heterocycles. The van der Waals surface area contributed by atoms with Crippen molar-refractivity contribution in [3.63, 3.8) is 0 Å². The lowest BCUT2D eigenvalue weighted by molar-refractivity contribution is -0.120. The van der Waals surface area contributed by atoms with Gasteiger partial charge in [0, 0.05) is 31.4 Å². The summed E-state index contributed by atoms with van der Waals surface area (Å²) in [7, 11) is 1.69. The van der Waals surface area contributed by atoms with E-state index in [-0.39, 0.29) is 5.91 Å². The van der Waals surface area contributed by atoms with Gasteiger partial charge in [-0.2, -0.15) is 0 Å². The van der Waals surface area contributed by atoms with E-state index >= 15 is 0 Å². The zero-order valence-corrected chi connectivity index (χ0v) is 13.9. The Kier molecular flexibility index (Phi) is 5.39. The summed E-state index contributed by atoms with van der Waals surface area (Å²) in [4.78, 5) is 14.2. The smallest absolute Gasteiger partial charge is 0.233 e. The number of rotatable bonds is 8. The summed E-state index contributed by atoms with van der Waals surface area (Å²) in [5, 5.41) is 6.29. The van der Waals surface area contributed by atoms with E-state index in [1.807, 2.05) is 12.1 Å². The zero-order valence-electron chi connectivity index (χ0n) is 13.9. The summed E-state index contributed by atoms with van der Waals surface area (Å²) < 4.78 is 5.29. The molecular weight excluding hydrogens is 290 g/mol. The average Bonchev–Trinajstić information content (AvgIpc) is 3.28. The Hall–Kier alpha value is -1.75. The van der Waals surface area contributed by atoms with Crippen molar-refractivity contribution in [3.05, 3.63) is 24.3 Å². The van der Waals surface area contributed by atoms with Crippen molar-refractivity contribution in [1.29, 1.82) is 0 Å². The second-order valence-corrected chi connectivity index (χ2v) is 6.68. The van der Waals surface area contributed by atoms with E-state index in [2.05, 4.69) is 27.7 Å². The molecule has 5 heteroatoms. The van der Waals surface area contributed by atoms with Crippen LogP contribution in [0, 0.1) is 11.8 Å². The largest absolute Gasteiger partial charge is 0.497 e. The Bertz CT molecular complexity index is 531. The van der Waals surface area contributed by atoms with Crippen LogP contribution in [0.4, 0.5) is 5.69 Å². The lowest BCUT2D eigenvalue weighted by atomic mass is 10.1. The standard InChI is InChI=1S/C18H27N3O2/c1-23-17-4-2-3-16(9-17)21-8-7-15(13-21)11-20-18(22)12-19-10-14-5-6-14/h2-4,9,14-15,19H,5-8,10-13H2,1H3,(H,20,22). The molecule has 3 rings (SSSR count). The Morgan fingerprint density at radius 1 is 1.26 bits per heavy atom. The summed E-state index contributed by atoms with van der Waals surface area (Å²) >= 11 is 0. The van der Waals surface area contributed by atoms with Gasteiger partial charge < -0.3 is 20.3 Å². The van der Waals surface area contributed by atoms with Crippen molar-refractivity contribution in [2.24, 2.45) is 11.8 Å². The second kappa shape index (κ2) is 7.68. The van der Waals surface area contributed by atoms with Gasteiger partial charge >= 0.3 is 0 Å². The molecule has 0 radical (unpaired) electrons. The topological polar surface area (TPSA) is 53.6 Å². The van der Waals surface area contributed by atoms with Crippen molar-refractivity contribution in [1.82, 2.24) is 10.6 Å². The van der Waals surface area contributed by atoms with Crippen LogP contribution < -0.4 is 20.3 Å². The molecule has 1 saturated heterocycles. The van der Waals surface area contributed by atoms with Crippen molar-refractivity contribution in [2.45, 2.75) is 19.3 Å². The maximum Gasteiger partial charge on any atom is 0.233 e. The van der Waals surface area contributed by atoms with Crippen molar-refractivity contribution >= 4 is 11.6 Å². The molecule has 2 N–H and O–H groups in total. The highest BCUT2D eigenvalue weighted by atomic mass is 16.5. The van der Waals surface area contributed by atoms with Crippen LogP contribution in [0.2, 0.25) is 0 Å². The molecule has 1 aromatic rings. The van der Waals surface area contributed by atoms with E-state index in [4.69, 9.17) is 4.74 Å². The first kappa shape index (κ1) is 16.1. The molecule has 23 heavy (non-hydrogen) atoms. The fraction of sp³-hybridized carbons (Fsp3) is 0.611. The molecule has 2 fully saturated rings. The molecule has 0 spiro atoms. The third-order valence-electron chi connectivity index (χ3n) is 4.71. The average molecular weight is 317 g/mol. The molecule has 1 amide bonds. The molecule has 2 aliphatic rings. The molecule has 126 valence electrons. The number of benzene rings is 1. The Morgan fingerprint density at radius 3 is 2.91 bits per heavy atom. The maximum atomic E-state index is 11.8. The highest BCUT2D eigenvalue weighted by molar-refractivity contribution is 5.78. The molecule has 1 heterocycles. The molecule has 0 bridgehead atoms. The number of anilines is 1. The van der Waals surface area contributed by atoms with Gasteiger partial charge in [0.25, 0.3) is 0 Å². The van der Waals surface area contributed by atoms with Gasteiger partial charge in [-0.25, -0.2) is 0 Å². The fourth-order valence-corrected chi connectivity index (χ4v) is 3.07. The van der Waals surface area contributed by atoms with Crippen LogP contribution >= 0.6 is 0 Å². The number of ether oxygens (including phenoxy) is 1. The molecule has 1 unspecified atom stereocenters. The first-order valence-corrected chi connectivity index (χ1v) is 8.61. The van der Waals surface area contributed by atoms with Gasteiger partial charge in [-0.05, 0) is 49.8 Å². The quantitative estimate of drug-likeness (QED) is 0.765. The highest BCUT2D eigenvalue weighted by Crippen LogP contribution is 2.27. The van der Waals surface area contributed by atoms with Crippen LogP contribution in [0.25, 0.3) is 0 Å². The van der Waals surface area contributed by atoms with Crippen LogP contribution in [-0.4, -0.2) is 45.7 Å². The van der Waals surface area contributed by atoms with Crippen LogP contribution in [0.15, 0.2) is 24.3 Å². The minimum atomic E-state index is 0.116. The minimum Gasteiger partial charge on any atom is -0.497 e. The third-order valence-corrected chi connectivity index (χ3v) is 4.71. The fourth-order valence-electron chi connectivity index (χ4n) is 3.07. The molecule has 0 aromatic heterocycles. The second-order valence-electron chi connectivity index (χ2n) is 6.68. The number of nitrogens with zero attached hydrogens (tertiary/aromatic N) is 1. The molecule has 5 nitrogen and oxygen atoms in total. The number of carbonyl (C=O) groups excluding carboxylic acids is 1. The van der Waals surface area contributed by atoms with Crippen molar-refractivity contribution < 1.29 is 9.53 Å². The lowest BCUT2D eigenvalue weighted by Gasteiger charge is -2.19. The van der Waals surface area contributed by atoms with Crippen LogP contribution in [0.1, 0.15) is 19.3 Å². The van der Waals surface area contributed by atoms with Gasteiger partial charge in [0.15, 0.2) is 0 Å². The molecule has 1 saturated carbocycles.